The minimum Gasteiger partial charge on any atom is -0.503 e. The van der Waals surface area contributed by atoms with Crippen molar-refractivity contribution in [3.63, 3.8) is 0 Å². The van der Waals surface area contributed by atoms with Crippen molar-refractivity contribution in [2.24, 2.45) is 7.05 Å². The van der Waals surface area contributed by atoms with Crippen molar-refractivity contribution in [2.75, 3.05) is 13.1 Å². The molecule has 0 fully saturated rings. The van der Waals surface area contributed by atoms with Crippen LogP contribution in [0.4, 0.5) is 0 Å². The molecule has 1 rings (SSSR count). The summed E-state index contributed by atoms with van der Waals surface area (Å²) in [4.78, 5) is 0. The number of aryl methyl sites for hydroxylation is 1. The fraction of sp³-hybridized carbons (Fsp3) is 0.727. The highest BCUT2D eigenvalue weighted by atomic mass is 32.2. The fourth-order valence-electron chi connectivity index (χ4n) is 1.88. The summed E-state index contributed by atoms with van der Waals surface area (Å²) in [7, 11) is -2.16. The van der Waals surface area contributed by atoms with Gasteiger partial charge < -0.3 is 5.11 Å². The first kappa shape index (κ1) is 15.0. The summed E-state index contributed by atoms with van der Waals surface area (Å²) < 4.78 is 27.3. The molecule has 0 saturated carbocycles. The van der Waals surface area contributed by atoms with E-state index in [9.17, 15) is 13.5 Å². The molecule has 6 nitrogen and oxygen atoms in total. The highest BCUT2D eigenvalue weighted by Crippen LogP contribution is 2.32. The van der Waals surface area contributed by atoms with Crippen molar-refractivity contribution in [2.45, 2.75) is 38.6 Å². The lowest BCUT2D eigenvalue weighted by molar-refractivity contribution is 0.416. The Kier molecular flexibility index (Phi) is 4.39. The van der Waals surface area contributed by atoms with Gasteiger partial charge in [-0.1, -0.05) is 27.7 Å². The van der Waals surface area contributed by atoms with Crippen LogP contribution in [0.3, 0.4) is 0 Å². The van der Waals surface area contributed by atoms with E-state index < -0.39 is 10.0 Å². The zero-order valence-electron chi connectivity index (χ0n) is 11.5. The lowest BCUT2D eigenvalue weighted by Gasteiger charge is -2.18. The van der Waals surface area contributed by atoms with E-state index in [1.54, 1.807) is 13.8 Å². The van der Waals surface area contributed by atoms with Gasteiger partial charge in [0.25, 0.3) is 10.0 Å². The van der Waals surface area contributed by atoms with Gasteiger partial charge in [0.2, 0.25) is 5.03 Å². The lowest BCUT2D eigenvalue weighted by Crippen LogP contribution is -2.32. The maximum atomic E-state index is 12.4. The van der Waals surface area contributed by atoms with Crippen LogP contribution >= 0.6 is 0 Å². The van der Waals surface area contributed by atoms with Crippen molar-refractivity contribution < 1.29 is 13.5 Å². The normalized spacial score (nSPS) is 12.6. The molecule has 0 aliphatic rings. The van der Waals surface area contributed by atoms with Gasteiger partial charge in [-0.25, -0.2) is 8.42 Å². The van der Waals surface area contributed by atoms with Crippen LogP contribution in [0.1, 0.15) is 39.3 Å². The summed E-state index contributed by atoms with van der Waals surface area (Å²) in [6.07, 6.45) is 0. The molecule has 0 spiro atoms. The van der Waals surface area contributed by atoms with Crippen molar-refractivity contribution in [3.8, 4) is 5.75 Å². The minimum atomic E-state index is -3.69. The first-order valence-electron chi connectivity index (χ1n) is 6.03. The molecule has 0 saturated heterocycles. The molecular formula is C11H21N3O3S. The average Bonchev–Trinajstić information content (AvgIpc) is 2.56. The van der Waals surface area contributed by atoms with Gasteiger partial charge in [0.1, 0.15) is 5.69 Å². The third-order valence-corrected chi connectivity index (χ3v) is 4.98. The molecule has 0 radical (unpaired) electrons. The molecule has 1 aromatic rings. The van der Waals surface area contributed by atoms with Crippen LogP contribution in [0, 0.1) is 0 Å². The molecule has 0 amide bonds. The Labute approximate surface area is 108 Å². The molecule has 0 aliphatic heterocycles. The van der Waals surface area contributed by atoms with Crippen LogP contribution in [0.15, 0.2) is 5.03 Å². The molecule has 18 heavy (non-hydrogen) atoms. The zero-order chi connectivity index (χ0) is 14.1. The van der Waals surface area contributed by atoms with Crippen LogP contribution in [-0.2, 0) is 17.1 Å². The van der Waals surface area contributed by atoms with E-state index in [0.29, 0.717) is 18.8 Å². The van der Waals surface area contributed by atoms with Crippen LogP contribution in [0.5, 0.6) is 5.75 Å². The molecule has 0 aliphatic carbocycles. The number of aromatic hydroxyl groups is 1. The van der Waals surface area contributed by atoms with Gasteiger partial charge in [0.15, 0.2) is 5.75 Å². The highest BCUT2D eigenvalue weighted by molar-refractivity contribution is 7.89. The van der Waals surface area contributed by atoms with Crippen LogP contribution in [0.25, 0.3) is 0 Å². The Morgan fingerprint density at radius 3 is 2.17 bits per heavy atom. The average molecular weight is 275 g/mol. The van der Waals surface area contributed by atoms with Gasteiger partial charge in [-0.3, -0.25) is 4.68 Å². The van der Waals surface area contributed by atoms with Gasteiger partial charge in [-0.2, -0.15) is 9.40 Å². The molecule has 0 unspecified atom stereocenters. The highest BCUT2D eigenvalue weighted by Gasteiger charge is 2.31. The van der Waals surface area contributed by atoms with E-state index in [1.807, 2.05) is 13.8 Å². The summed E-state index contributed by atoms with van der Waals surface area (Å²) in [5, 5.41) is 14.0. The van der Waals surface area contributed by atoms with Crippen molar-refractivity contribution in [1.82, 2.24) is 14.1 Å². The van der Waals surface area contributed by atoms with Crippen molar-refractivity contribution >= 4 is 10.0 Å². The molecule has 1 N–H and O–H groups in total. The van der Waals surface area contributed by atoms with E-state index >= 15 is 0 Å². The molecule has 0 atom stereocenters. The number of hydrogen-bond donors (Lipinski definition) is 1. The van der Waals surface area contributed by atoms with Crippen molar-refractivity contribution in [1.29, 1.82) is 0 Å². The van der Waals surface area contributed by atoms with E-state index in [-0.39, 0.29) is 16.7 Å². The second kappa shape index (κ2) is 5.27. The van der Waals surface area contributed by atoms with Gasteiger partial charge in [-0.15, -0.1) is 0 Å². The first-order valence-corrected chi connectivity index (χ1v) is 7.47. The third kappa shape index (κ3) is 2.37. The summed E-state index contributed by atoms with van der Waals surface area (Å²) in [6, 6.07) is 0. The lowest BCUT2D eigenvalue weighted by atomic mass is 10.1. The van der Waals surface area contributed by atoms with Gasteiger partial charge in [0, 0.05) is 26.1 Å². The standard InChI is InChI=1S/C11H21N3O3S/c1-6-14(7-2)18(16,17)11-10(15)9(8(3)4)12-13(11)5/h8,15H,6-7H2,1-5H3. The molecule has 0 bridgehead atoms. The summed E-state index contributed by atoms with van der Waals surface area (Å²) >= 11 is 0. The maximum Gasteiger partial charge on any atom is 0.263 e. The van der Waals surface area contributed by atoms with Crippen LogP contribution < -0.4 is 0 Å². The van der Waals surface area contributed by atoms with E-state index in [2.05, 4.69) is 5.10 Å². The number of sulfonamides is 1. The predicted molar refractivity (Wildman–Crippen MR) is 69.1 cm³/mol. The largest absolute Gasteiger partial charge is 0.503 e. The van der Waals surface area contributed by atoms with E-state index in [1.165, 1.54) is 16.0 Å². The monoisotopic (exact) mass is 275 g/mol. The topological polar surface area (TPSA) is 75.4 Å². The SMILES string of the molecule is CCN(CC)S(=O)(=O)c1c(O)c(C(C)C)nn1C. The molecular weight excluding hydrogens is 254 g/mol. The van der Waals surface area contributed by atoms with Crippen LogP contribution in [-0.4, -0.2) is 40.7 Å². The van der Waals surface area contributed by atoms with Gasteiger partial charge in [0.05, 0.1) is 0 Å². The van der Waals surface area contributed by atoms with E-state index in [0.717, 1.165) is 0 Å². The second-order valence-corrected chi connectivity index (χ2v) is 6.26. The molecule has 0 aromatic carbocycles. The summed E-state index contributed by atoms with van der Waals surface area (Å²) in [5.74, 6) is -0.267. The Balaban J connectivity index is 3.42. The Morgan fingerprint density at radius 2 is 1.83 bits per heavy atom. The van der Waals surface area contributed by atoms with Crippen LogP contribution in [0.2, 0.25) is 0 Å². The molecule has 7 heteroatoms. The first-order chi connectivity index (χ1) is 8.27. The van der Waals surface area contributed by atoms with E-state index in [4.69, 9.17) is 0 Å². The maximum absolute atomic E-state index is 12.4. The van der Waals surface area contributed by atoms with Gasteiger partial charge in [-0.05, 0) is 0 Å². The zero-order valence-corrected chi connectivity index (χ0v) is 12.3. The second-order valence-electron chi connectivity index (χ2n) is 4.41. The predicted octanol–water partition coefficient (Wildman–Crippen LogP) is 1.28. The molecule has 1 heterocycles. The Bertz CT molecular complexity index is 516. The van der Waals surface area contributed by atoms with Gasteiger partial charge >= 0.3 is 0 Å². The smallest absolute Gasteiger partial charge is 0.263 e. The quantitative estimate of drug-likeness (QED) is 0.878. The fourth-order valence-corrected chi connectivity index (χ4v) is 3.53. The number of hydrogen-bond acceptors (Lipinski definition) is 4. The third-order valence-electron chi connectivity index (χ3n) is 2.83. The number of aromatic nitrogens is 2. The summed E-state index contributed by atoms with van der Waals surface area (Å²) in [6.45, 7) is 7.96. The minimum absolute atomic E-state index is 0.0307. The van der Waals surface area contributed by atoms with Crippen molar-refractivity contribution in [3.05, 3.63) is 5.69 Å². The molecule has 104 valence electrons. The molecule has 1 aromatic heterocycles. The Hall–Kier alpha value is -1.08. The Morgan fingerprint density at radius 1 is 1.33 bits per heavy atom. The number of nitrogens with zero attached hydrogens (tertiary/aromatic N) is 3. The summed E-state index contributed by atoms with van der Waals surface area (Å²) in [5.41, 5.74) is 0.406. The number of rotatable bonds is 5.